The highest BCUT2D eigenvalue weighted by Crippen LogP contribution is 2.56. The number of hydrogen-bond donors (Lipinski definition) is 0. The maximum atomic E-state index is 10.4. The zero-order valence-corrected chi connectivity index (χ0v) is 21.0. The fraction of sp³-hybridized carbons (Fsp3) is 0.200. The molecule has 0 fully saturated rings. The summed E-state index contributed by atoms with van der Waals surface area (Å²) >= 11 is 4.64. The van der Waals surface area contributed by atoms with E-state index in [9.17, 15) is 17.6 Å². The van der Waals surface area contributed by atoms with Crippen LogP contribution in [0.25, 0.3) is 11.1 Å². The smallest absolute Gasteiger partial charge is 0.255 e. The minimum Gasteiger partial charge on any atom is -0.255 e. The van der Waals surface area contributed by atoms with Crippen molar-refractivity contribution in [1.82, 2.24) is 0 Å². The van der Waals surface area contributed by atoms with Gasteiger partial charge in [-0.2, -0.15) is 13.2 Å². The second-order valence-electron chi connectivity index (χ2n) is 7.86. The molecule has 0 nitrogen and oxygen atoms in total. The van der Waals surface area contributed by atoms with Crippen LogP contribution in [-0.4, -0.2) is 19.7 Å². The lowest BCUT2D eigenvalue weighted by atomic mass is 9.67. The summed E-state index contributed by atoms with van der Waals surface area (Å²) in [5, 5.41) is 0. The summed E-state index contributed by atoms with van der Waals surface area (Å²) in [5.74, 6) is 0. The molecule has 0 radical (unpaired) electrons. The molecule has 0 N–H and O–H groups in total. The van der Waals surface area contributed by atoms with E-state index in [1.807, 2.05) is 0 Å². The van der Waals surface area contributed by atoms with E-state index in [-0.39, 0.29) is 12.3 Å². The summed E-state index contributed by atoms with van der Waals surface area (Å²) < 4.78 is 40.6. The van der Waals surface area contributed by atoms with E-state index in [2.05, 4.69) is 122 Å². The minimum atomic E-state index is -4.00. The van der Waals surface area contributed by atoms with Gasteiger partial charge in [-0.15, -0.1) is 11.6 Å². The Morgan fingerprint density at radius 1 is 0.600 bits per heavy atom. The third-order valence-electron chi connectivity index (χ3n) is 5.61. The summed E-state index contributed by atoms with van der Waals surface area (Å²) in [6.45, 7) is 2.37. The molecule has 0 atom stereocenters. The number of halogens is 5. The zero-order chi connectivity index (χ0) is 26.1. The molecule has 184 valence electrons. The van der Waals surface area contributed by atoms with Crippen molar-refractivity contribution in [2.24, 2.45) is 0 Å². The van der Waals surface area contributed by atoms with Crippen molar-refractivity contribution in [3.05, 3.63) is 131 Å². The number of fused-ring (bicyclic) bond motifs is 3. The Labute approximate surface area is 210 Å². The lowest BCUT2D eigenvalue weighted by Crippen LogP contribution is -2.28. The van der Waals surface area contributed by atoms with Gasteiger partial charge in [0.15, 0.2) is 0 Å². The molecule has 4 aromatic carbocycles. The summed E-state index contributed by atoms with van der Waals surface area (Å²) in [6, 6.07) is 37.6. The summed E-state index contributed by atoms with van der Waals surface area (Å²) in [6.07, 6.45) is -2.53. The van der Waals surface area contributed by atoms with Gasteiger partial charge in [0.2, 0.25) is 0 Å². The van der Waals surface area contributed by atoms with Crippen molar-refractivity contribution in [1.29, 1.82) is 0 Å². The first-order valence-electron chi connectivity index (χ1n) is 11.0. The maximum absolute atomic E-state index is 10.4. The first-order valence-corrected chi connectivity index (χ1v) is 11.7. The average Bonchev–Trinajstić information content (AvgIpc) is 3.17. The Morgan fingerprint density at radius 3 is 1.49 bits per heavy atom. The molecule has 0 aromatic heterocycles. The van der Waals surface area contributed by atoms with Crippen molar-refractivity contribution in [3.8, 4) is 11.1 Å². The normalized spacial score (nSPS) is 12.4. The third-order valence-corrected chi connectivity index (χ3v) is 5.61. The Hall–Kier alpha value is -3.11. The lowest BCUT2D eigenvalue weighted by Gasteiger charge is -2.34. The van der Waals surface area contributed by atoms with Crippen LogP contribution in [0.2, 0.25) is 0 Å². The molecule has 0 bridgehead atoms. The summed E-state index contributed by atoms with van der Waals surface area (Å²) in [4.78, 5) is 0. The van der Waals surface area contributed by atoms with Crippen LogP contribution < -0.4 is 0 Å². The Morgan fingerprint density at radius 2 is 1.00 bits per heavy atom. The second kappa shape index (κ2) is 12.6. The van der Waals surface area contributed by atoms with Crippen LogP contribution in [0.3, 0.4) is 0 Å². The van der Waals surface area contributed by atoms with E-state index < -0.39 is 6.18 Å². The predicted molar refractivity (Wildman–Crippen MR) is 139 cm³/mol. The summed E-state index contributed by atoms with van der Waals surface area (Å²) in [7, 11) is 0.500. The topological polar surface area (TPSA) is 0 Å². The monoisotopic (exact) mass is 500 g/mol. The molecular formula is C30H29ClF4. The Kier molecular flexibility index (Phi) is 10.1. The van der Waals surface area contributed by atoms with E-state index in [1.165, 1.54) is 45.3 Å². The highest BCUT2D eigenvalue weighted by Gasteiger charge is 2.45. The number of hydrogen-bond acceptors (Lipinski definition) is 0. The molecular weight excluding hydrogens is 472 g/mol. The van der Waals surface area contributed by atoms with E-state index in [0.717, 1.165) is 0 Å². The maximum Gasteiger partial charge on any atom is 0.386 e. The number of benzene rings is 4. The zero-order valence-electron chi connectivity index (χ0n) is 20.2. The predicted octanol–water partition coefficient (Wildman–Crippen LogP) is 9.37. The SMILES string of the molecule is CC(F)(F)F.CCl.CF.Cc1ccc2c(c1)C(c1ccccc1)(c1ccccc1)c1ccccc1-2. The van der Waals surface area contributed by atoms with Gasteiger partial charge in [0, 0.05) is 13.3 Å². The van der Waals surface area contributed by atoms with Crippen molar-refractivity contribution >= 4 is 11.6 Å². The Bertz CT molecular complexity index is 1140. The van der Waals surface area contributed by atoms with Crippen LogP contribution in [0.15, 0.2) is 103 Å². The van der Waals surface area contributed by atoms with E-state index in [4.69, 9.17) is 0 Å². The van der Waals surface area contributed by atoms with Gasteiger partial charge in [-0.05, 0) is 40.3 Å². The van der Waals surface area contributed by atoms with Crippen LogP contribution in [-0.2, 0) is 5.41 Å². The van der Waals surface area contributed by atoms with Crippen LogP contribution in [0.5, 0.6) is 0 Å². The van der Waals surface area contributed by atoms with E-state index in [1.54, 1.807) is 0 Å². The second-order valence-corrected chi connectivity index (χ2v) is 7.86. The van der Waals surface area contributed by atoms with Gasteiger partial charge in [0.25, 0.3) is 0 Å². The molecule has 0 saturated carbocycles. The van der Waals surface area contributed by atoms with Gasteiger partial charge in [-0.1, -0.05) is 109 Å². The molecule has 0 unspecified atom stereocenters. The van der Waals surface area contributed by atoms with E-state index in [0.29, 0.717) is 7.18 Å². The minimum absolute atomic E-state index is 0.188. The van der Waals surface area contributed by atoms with Crippen LogP contribution in [0.1, 0.15) is 34.7 Å². The Balaban J connectivity index is 0.000000423. The first kappa shape index (κ1) is 28.1. The fourth-order valence-corrected chi connectivity index (χ4v) is 4.56. The van der Waals surface area contributed by atoms with Crippen molar-refractivity contribution in [3.63, 3.8) is 0 Å². The molecule has 0 spiro atoms. The quantitative estimate of drug-likeness (QED) is 0.167. The lowest BCUT2D eigenvalue weighted by molar-refractivity contribution is -0.110. The van der Waals surface area contributed by atoms with Gasteiger partial charge in [0.05, 0.1) is 12.6 Å². The highest BCUT2D eigenvalue weighted by atomic mass is 35.5. The average molecular weight is 501 g/mol. The highest BCUT2D eigenvalue weighted by molar-refractivity contribution is 6.15. The largest absolute Gasteiger partial charge is 0.386 e. The van der Waals surface area contributed by atoms with Crippen molar-refractivity contribution < 1.29 is 17.6 Å². The van der Waals surface area contributed by atoms with Gasteiger partial charge in [-0.25, -0.2) is 0 Å². The molecule has 5 heteroatoms. The van der Waals surface area contributed by atoms with Crippen LogP contribution in [0.4, 0.5) is 17.6 Å². The molecule has 0 saturated heterocycles. The molecule has 35 heavy (non-hydrogen) atoms. The number of alkyl halides is 5. The van der Waals surface area contributed by atoms with Crippen molar-refractivity contribution in [2.45, 2.75) is 25.4 Å². The third kappa shape index (κ3) is 6.12. The number of rotatable bonds is 2. The van der Waals surface area contributed by atoms with Crippen LogP contribution >= 0.6 is 11.6 Å². The van der Waals surface area contributed by atoms with Crippen LogP contribution in [0, 0.1) is 6.92 Å². The molecule has 0 amide bonds. The molecule has 0 aliphatic heterocycles. The number of aryl methyl sites for hydroxylation is 1. The molecule has 0 heterocycles. The van der Waals surface area contributed by atoms with Gasteiger partial charge < -0.3 is 0 Å². The fourth-order valence-electron chi connectivity index (χ4n) is 4.56. The summed E-state index contributed by atoms with van der Waals surface area (Å²) in [5.41, 5.74) is 9.13. The molecule has 1 aliphatic carbocycles. The molecule has 4 aromatic rings. The van der Waals surface area contributed by atoms with Gasteiger partial charge in [0.1, 0.15) is 0 Å². The first-order chi connectivity index (χ1) is 16.8. The van der Waals surface area contributed by atoms with Gasteiger partial charge in [-0.3, -0.25) is 4.39 Å². The standard InChI is InChI=1S/C26H20.C2H3F3.CH3Cl.CH3F/c1-19-16-17-23-22-14-8-9-15-24(22)26(25(23)18-19,20-10-4-2-5-11-20)21-12-6-3-7-13-21;1-2(3,4)5;2*1-2/h2-18H,1H3;1H3;2*1H3. The van der Waals surface area contributed by atoms with Crippen molar-refractivity contribution in [2.75, 3.05) is 13.6 Å². The van der Waals surface area contributed by atoms with Gasteiger partial charge >= 0.3 is 6.18 Å². The van der Waals surface area contributed by atoms with E-state index >= 15 is 0 Å². The molecule has 5 rings (SSSR count). The molecule has 1 aliphatic rings.